The van der Waals surface area contributed by atoms with E-state index in [1.165, 1.54) is 11.1 Å². The van der Waals surface area contributed by atoms with Crippen LogP contribution in [0.25, 0.3) is 0 Å². The molecule has 4 heteroatoms. The molecule has 3 saturated carbocycles. The Morgan fingerprint density at radius 3 is 2.54 bits per heavy atom. The Morgan fingerprint density at radius 1 is 1.08 bits per heavy atom. The van der Waals surface area contributed by atoms with Gasteiger partial charge in [0.1, 0.15) is 5.76 Å². The lowest BCUT2D eigenvalue weighted by Gasteiger charge is -2.54. The summed E-state index contributed by atoms with van der Waals surface area (Å²) >= 11 is 0. The highest BCUT2D eigenvalue weighted by Crippen LogP contribution is 2.64. The minimum absolute atomic E-state index is 0.0798. The summed E-state index contributed by atoms with van der Waals surface area (Å²) in [5, 5.41) is 31.0. The number of rotatable bonds is 1. The van der Waals surface area contributed by atoms with E-state index < -0.39 is 12.2 Å². The summed E-state index contributed by atoms with van der Waals surface area (Å²) in [5.41, 5.74) is 2.44. The SMILES string of the molecule is COC1=C2[C@@H](CC[C@]3(C)C(O)C(O)C[C@@H]23)[C@@]2(C)CCC(O)CC2=C1. The van der Waals surface area contributed by atoms with Crippen LogP contribution in [0.1, 0.15) is 52.4 Å². The number of hydrogen-bond acceptors (Lipinski definition) is 4. The Kier molecular flexibility index (Phi) is 3.69. The van der Waals surface area contributed by atoms with Gasteiger partial charge in [0.25, 0.3) is 0 Å². The molecule has 0 aromatic rings. The zero-order valence-corrected chi connectivity index (χ0v) is 15.0. The molecule has 0 saturated heterocycles. The quantitative estimate of drug-likeness (QED) is 0.689. The number of hydrogen-bond donors (Lipinski definition) is 3. The van der Waals surface area contributed by atoms with Crippen LogP contribution in [-0.2, 0) is 4.74 Å². The summed E-state index contributed by atoms with van der Waals surface area (Å²) in [4.78, 5) is 0. The predicted molar refractivity (Wildman–Crippen MR) is 91.0 cm³/mol. The van der Waals surface area contributed by atoms with Crippen molar-refractivity contribution in [3.8, 4) is 0 Å². The predicted octanol–water partition coefficient (Wildman–Crippen LogP) is 2.54. The van der Waals surface area contributed by atoms with Crippen LogP contribution < -0.4 is 0 Å². The molecule has 3 fully saturated rings. The molecule has 3 unspecified atom stereocenters. The highest BCUT2D eigenvalue weighted by atomic mass is 16.5. The summed E-state index contributed by atoms with van der Waals surface area (Å²) in [6.45, 7) is 4.47. The zero-order chi connectivity index (χ0) is 17.3. The highest BCUT2D eigenvalue weighted by molar-refractivity contribution is 5.42. The van der Waals surface area contributed by atoms with Crippen molar-refractivity contribution in [2.45, 2.75) is 70.7 Å². The molecule has 0 aliphatic heterocycles. The van der Waals surface area contributed by atoms with Crippen LogP contribution in [0.5, 0.6) is 0 Å². The van der Waals surface area contributed by atoms with E-state index in [1.54, 1.807) is 7.11 Å². The summed E-state index contributed by atoms with van der Waals surface area (Å²) in [6, 6.07) is 0. The van der Waals surface area contributed by atoms with Crippen molar-refractivity contribution in [2.24, 2.45) is 22.7 Å². The lowest BCUT2D eigenvalue weighted by atomic mass is 9.51. The van der Waals surface area contributed by atoms with Gasteiger partial charge in [-0.15, -0.1) is 0 Å². The van der Waals surface area contributed by atoms with E-state index in [-0.39, 0.29) is 22.9 Å². The number of methoxy groups -OCH3 is 1. The molecule has 0 bridgehead atoms. The maximum atomic E-state index is 10.6. The topological polar surface area (TPSA) is 69.9 Å². The van der Waals surface area contributed by atoms with Gasteiger partial charge in [-0.1, -0.05) is 19.4 Å². The molecule has 7 atom stereocenters. The molecule has 0 heterocycles. The molecule has 4 nitrogen and oxygen atoms in total. The zero-order valence-electron chi connectivity index (χ0n) is 15.0. The molecule has 0 radical (unpaired) electrons. The van der Waals surface area contributed by atoms with Crippen molar-refractivity contribution in [1.82, 2.24) is 0 Å². The van der Waals surface area contributed by atoms with E-state index in [4.69, 9.17) is 4.74 Å². The lowest BCUT2D eigenvalue weighted by molar-refractivity contribution is -0.0392. The lowest BCUT2D eigenvalue weighted by Crippen LogP contribution is -2.48. The highest BCUT2D eigenvalue weighted by Gasteiger charge is 2.60. The summed E-state index contributed by atoms with van der Waals surface area (Å²) in [7, 11) is 1.71. The molecule has 134 valence electrons. The summed E-state index contributed by atoms with van der Waals surface area (Å²) in [6.07, 6.45) is 5.78. The second kappa shape index (κ2) is 5.33. The Labute approximate surface area is 144 Å². The maximum Gasteiger partial charge on any atom is 0.118 e. The average molecular weight is 334 g/mol. The Bertz CT molecular complexity index is 609. The van der Waals surface area contributed by atoms with Crippen LogP contribution in [0, 0.1) is 22.7 Å². The van der Waals surface area contributed by atoms with Crippen molar-refractivity contribution in [3.63, 3.8) is 0 Å². The molecule has 3 N–H and O–H groups in total. The molecule has 4 aliphatic carbocycles. The largest absolute Gasteiger partial charge is 0.497 e. The van der Waals surface area contributed by atoms with Gasteiger partial charge in [-0.05, 0) is 67.4 Å². The number of fused-ring (bicyclic) bond motifs is 5. The standard InChI is InChI=1S/C20H30O4/c1-19-6-4-12(21)8-11(19)9-16(24-3)17-13(19)5-7-20(2)14(17)10-15(22)18(20)23/h9,12-15,18,21-23H,4-8,10H2,1-3H3/t12?,13-,14+,15?,18?,19+,20+/m1/s1. The first-order chi connectivity index (χ1) is 11.3. The number of aliphatic hydroxyl groups excluding tert-OH is 3. The molecule has 0 amide bonds. The maximum absolute atomic E-state index is 10.6. The van der Waals surface area contributed by atoms with Gasteiger partial charge in [0, 0.05) is 5.41 Å². The monoisotopic (exact) mass is 334 g/mol. The Balaban J connectivity index is 1.83. The number of aliphatic hydroxyl groups is 3. The van der Waals surface area contributed by atoms with Gasteiger partial charge in [0.05, 0.1) is 25.4 Å². The van der Waals surface area contributed by atoms with Crippen molar-refractivity contribution < 1.29 is 20.1 Å². The summed E-state index contributed by atoms with van der Waals surface area (Å²) in [5.74, 6) is 1.49. The first kappa shape index (κ1) is 16.6. The van der Waals surface area contributed by atoms with Crippen LogP contribution >= 0.6 is 0 Å². The van der Waals surface area contributed by atoms with Crippen molar-refractivity contribution in [1.29, 1.82) is 0 Å². The van der Waals surface area contributed by atoms with Gasteiger partial charge in [-0.2, -0.15) is 0 Å². The smallest absolute Gasteiger partial charge is 0.118 e. The fraction of sp³-hybridized carbons (Fsp3) is 0.800. The van der Waals surface area contributed by atoms with Gasteiger partial charge in [-0.25, -0.2) is 0 Å². The van der Waals surface area contributed by atoms with Gasteiger partial charge in [-0.3, -0.25) is 0 Å². The van der Waals surface area contributed by atoms with Crippen molar-refractivity contribution in [2.75, 3.05) is 7.11 Å². The number of allylic oxidation sites excluding steroid dienone is 2. The minimum Gasteiger partial charge on any atom is -0.497 e. The van der Waals surface area contributed by atoms with Crippen LogP contribution in [0.15, 0.2) is 23.0 Å². The van der Waals surface area contributed by atoms with E-state index in [1.807, 2.05) is 0 Å². The van der Waals surface area contributed by atoms with E-state index in [0.29, 0.717) is 12.3 Å². The van der Waals surface area contributed by atoms with Crippen LogP contribution in [0.2, 0.25) is 0 Å². The molecule has 0 aromatic heterocycles. The molecular weight excluding hydrogens is 304 g/mol. The van der Waals surface area contributed by atoms with Gasteiger partial charge in [0.15, 0.2) is 0 Å². The van der Waals surface area contributed by atoms with Gasteiger partial charge < -0.3 is 20.1 Å². The van der Waals surface area contributed by atoms with Gasteiger partial charge >= 0.3 is 0 Å². The first-order valence-electron chi connectivity index (χ1n) is 9.34. The molecule has 0 spiro atoms. The van der Waals surface area contributed by atoms with Crippen LogP contribution in [0.3, 0.4) is 0 Å². The molecule has 0 aromatic carbocycles. The van der Waals surface area contributed by atoms with E-state index in [0.717, 1.165) is 37.9 Å². The normalized spacial score (nSPS) is 50.8. The Morgan fingerprint density at radius 2 is 1.83 bits per heavy atom. The number of ether oxygens (including phenoxy) is 1. The third kappa shape index (κ3) is 2.03. The minimum atomic E-state index is -0.652. The van der Waals surface area contributed by atoms with Crippen molar-refractivity contribution in [3.05, 3.63) is 23.0 Å². The fourth-order valence-corrected chi connectivity index (χ4v) is 6.20. The first-order valence-corrected chi connectivity index (χ1v) is 9.34. The molecule has 24 heavy (non-hydrogen) atoms. The van der Waals surface area contributed by atoms with Crippen LogP contribution in [-0.4, -0.2) is 40.7 Å². The third-order valence-electron chi connectivity index (χ3n) is 7.80. The van der Waals surface area contributed by atoms with Crippen molar-refractivity contribution >= 4 is 0 Å². The van der Waals surface area contributed by atoms with Crippen LogP contribution in [0.4, 0.5) is 0 Å². The average Bonchev–Trinajstić information content (AvgIpc) is 2.78. The molecule has 4 rings (SSSR count). The van der Waals surface area contributed by atoms with Gasteiger partial charge in [0.2, 0.25) is 0 Å². The fourth-order valence-electron chi connectivity index (χ4n) is 6.20. The second-order valence-electron chi connectivity index (χ2n) is 8.90. The molecule has 4 aliphatic rings. The van der Waals surface area contributed by atoms with E-state index in [2.05, 4.69) is 19.9 Å². The Hall–Kier alpha value is -0.840. The summed E-state index contributed by atoms with van der Waals surface area (Å²) < 4.78 is 5.77. The van der Waals surface area contributed by atoms with E-state index >= 15 is 0 Å². The third-order valence-corrected chi connectivity index (χ3v) is 7.80. The van der Waals surface area contributed by atoms with E-state index in [9.17, 15) is 15.3 Å². The second-order valence-corrected chi connectivity index (χ2v) is 8.90. The molecular formula is C20H30O4.